The van der Waals surface area contributed by atoms with Crippen molar-refractivity contribution in [3.8, 4) is 11.4 Å². The molecule has 0 spiro atoms. The number of hydrogen-bond donors (Lipinski definition) is 0. The van der Waals surface area contributed by atoms with Crippen molar-refractivity contribution >= 4 is 23.2 Å². The number of fused-ring (bicyclic) bond motifs is 1. The SMILES string of the molecule is CN(C)[C@H]1Cc2c(Cl)cc(Cl)cc2[C@@H]1Oc1ccc(-n2ccnc2)cc1. The van der Waals surface area contributed by atoms with Crippen LogP contribution in [0.2, 0.25) is 10.0 Å². The van der Waals surface area contributed by atoms with Crippen molar-refractivity contribution < 1.29 is 4.74 Å². The van der Waals surface area contributed by atoms with Gasteiger partial charge in [-0.3, -0.25) is 0 Å². The molecule has 2 atom stereocenters. The largest absolute Gasteiger partial charge is 0.484 e. The van der Waals surface area contributed by atoms with Gasteiger partial charge in [-0.1, -0.05) is 23.2 Å². The lowest BCUT2D eigenvalue weighted by Gasteiger charge is -2.27. The van der Waals surface area contributed by atoms with Crippen LogP contribution in [0.4, 0.5) is 0 Å². The highest BCUT2D eigenvalue weighted by molar-refractivity contribution is 6.35. The fraction of sp³-hybridized carbons (Fsp3) is 0.250. The number of hydrogen-bond acceptors (Lipinski definition) is 3. The molecule has 0 saturated heterocycles. The second kappa shape index (κ2) is 6.95. The number of benzene rings is 2. The Balaban J connectivity index is 1.64. The van der Waals surface area contributed by atoms with Crippen LogP contribution in [-0.2, 0) is 6.42 Å². The number of ether oxygens (including phenoxy) is 1. The molecule has 2 aromatic carbocycles. The predicted octanol–water partition coefficient (Wildman–Crippen LogP) is 4.79. The summed E-state index contributed by atoms with van der Waals surface area (Å²) in [6.07, 6.45) is 6.17. The van der Waals surface area contributed by atoms with Crippen molar-refractivity contribution in [2.24, 2.45) is 0 Å². The van der Waals surface area contributed by atoms with Gasteiger partial charge in [0.1, 0.15) is 11.9 Å². The van der Waals surface area contributed by atoms with E-state index in [4.69, 9.17) is 27.9 Å². The van der Waals surface area contributed by atoms with Gasteiger partial charge in [0.25, 0.3) is 0 Å². The van der Waals surface area contributed by atoms with Crippen LogP contribution in [0.25, 0.3) is 5.69 Å². The first kappa shape index (κ1) is 17.4. The maximum Gasteiger partial charge on any atom is 0.140 e. The molecule has 0 N–H and O–H groups in total. The zero-order chi connectivity index (χ0) is 18.3. The summed E-state index contributed by atoms with van der Waals surface area (Å²) in [4.78, 5) is 6.25. The van der Waals surface area contributed by atoms with E-state index in [1.807, 2.05) is 41.1 Å². The van der Waals surface area contributed by atoms with Crippen LogP contribution in [0, 0.1) is 0 Å². The average molecular weight is 388 g/mol. The third-order valence-corrected chi connectivity index (χ3v) is 5.39. The number of halogens is 2. The molecule has 1 aliphatic rings. The lowest BCUT2D eigenvalue weighted by Crippen LogP contribution is -2.34. The molecule has 4 rings (SSSR count). The number of imidazole rings is 1. The maximum absolute atomic E-state index is 6.42. The molecule has 0 radical (unpaired) electrons. The van der Waals surface area contributed by atoms with Gasteiger partial charge < -0.3 is 14.2 Å². The van der Waals surface area contributed by atoms with E-state index in [9.17, 15) is 0 Å². The number of rotatable bonds is 4. The molecule has 0 unspecified atom stereocenters. The molecule has 134 valence electrons. The highest BCUT2D eigenvalue weighted by Crippen LogP contribution is 2.42. The van der Waals surface area contributed by atoms with Crippen LogP contribution in [0.15, 0.2) is 55.1 Å². The summed E-state index contributed by atoms with van der Waals surface area (Å²) in [5, 5.41) is 1.35. The van der Waals surface area contributed by atoms with Crippen LogP contribution >= 0.6 is 23.2 Å². The van der Waals surface area contributed by atoms with Crippen LogP contribution in [0.5, 0.6) is 5.75 Å². The Morgan fingerprint density at radius 3 is 2.58 bits per heavy atom. The summed E-state index contributed by atoms with van der Waals surface area (Å²) in [5.74, 6) is 0.815. The molecule has 4 nitrogen and oxygen atoms in total. The van der Waals surface area contributed by atoms with Crippen molar-refractivity contribution in [2.75, 3.05) is 14.1 Å². The quantitative estimate of drug-likeness (QED) is 0.644. The zero-order valence-corrected chi connectivity index (χ0v) is 16.1. The van der Waals surface area contributed by atoms with E-state index in [0.29, 0.717) is 10.0 Å². The summed E-state index contributed by atoms with van der Waals surface area (Å²) in [6, 6.07) is 12.0. The zero-order valence-electron chi connectivity index (χ0n) is 14.6. The summed E-state index contributed by atoms with van der Waals surface area (Å²) in [7, 11) is 4.12. The molecule has 0 saturated carbocycles. The minimum Gasteiger partial charge on any atom is -0.484 e. The first-order valence-electron chi connectivity index (χ1n) is 8.42. The number of likely N-dealkylation sites (N-methyl/N-ethyl adjacent to an activating group) is 1. The Morgan fingerprint density at radius 2 is 1.92 bits per heavy atom. The first-order chi connectivity index (χ1) is 12.5. The lowest BCUT2D eigenvalue weighted by atomic mass is 10.1. The molecule has 6 heteroatoms. The Hall–Kier alpha value is -2.01. The fourth-order valence-electron chi connectivity index (χ4n) is 3.47. The molecule has 1 aliphatic carbocycles. The van der Waals surface area contributed by atoms with E-state index in [1.165, 1.54) is 0 Å². The van der Waals surface area contributed by atoms with Crippen LogP contribution in [0.3, 0.4) is 0 Å². The summed E-state index contributed by atoms with van der Waals surface area (Å²) in [6.45, 7) is 0. The molecule has 1 aromatic heterocycles. The molecular weight excluding hydrogens is 369 g/mol. The van der Waals surface area contributed by atoms with E-state index in [1.54, 1.807) is 18.6 Å². The van der Waals surface area contributed by atoms with E-state index in [-0.39, 0.29) is 12.1 Å². The highest BCUT2D eigenvalue weighted by atomic mass is 35.5. The Bertz CT molecular complexity index is 908. The first-order valence-corrected chi connectivity index (χ1v) is 9.18. The highest BCUT2D eigenvalue weighted by Gasteiger charge is 2.37. The van der Waals surface area contributed by atoms with Gasteiger partial charge in [-0.15, -0.1) is 0 Å². The molecule has 0 bridgehead atoms. The van der Waals surface area contributed by atoms with Gasteiger partial charge in [-0.2, -0.15) is 0 Å². The normalized spacial score (nSPS) is 19.0. The molecule has 3 aromatic rings. The van der Waals surface area contributed by atoms with Crippen molar-refractivity contribution in [3.63, 3.8) is 0 Å². The van der Waals surface area contributed by atoms with Crippen molar-refractivity contribution in [1.82, 2.24) is 14.5 Å². The van der Waals surface area contributed by atoms with Gasteiger partial charge in [0.15, 0.2) is 0 Å². The Kier molecular flexibility index (Phi) is 4.65. The molecular formula is C20H19Cl2N3O. The van der Waals surface area contributed by atoms with Crippen LogP contribution in [0.1, 0.15) is 17.2 Å². The minimum absolute atomic E-state index is 0.115. The standard InChI is InChI=1S/C20H19Cl2N3O/c1-24(2)19-11-16-17(9-13(21)10-18(16)22)20(19)26-15-5-3-14(4-6-15)25-8-7-23-12-25/h3-10,12,19-20H,11H2,1-2H3/t19-,20-/m0/s1. The van der Waals surface area contributed by atoms with E-state index < -0.39 is 0 Å². The summed E-state index contributed by atoms with van der Waals surface area (Å²) >= 11 is 12.7. The third-order valence-electron chi connectivity index (χ3n) is 4.83. The number of nitrogens with zero attached hydrogens (tertiary/aromatic N) is 3. The van der Waals surface area contributed by atoms with E-state index in [0.717, 1.165) is 29.0 Å². The van der Waals surface area contributed by atoms with Gasteiger partial charge in [-0.05, 0) is 62.5 Å². The summed E-state index contributed by atoms with van der Waals surface area (Å²) in [5.41, 5.74) is 3.23. The van der Waals surface area contributed by atoms with Gasteiger partial charge in [-0.25, -0.2) is 4.98 Å². The van der Waals surface area contributed by atoms with Crippen molar-refractivity contribution in [3.05, 3.63) is 76.3 Å². The topological polar surface area (TPSA) is 30.3 Å². The van der Waals surface area contributed by atoms with Gasteiger partial charge in [0.2, 0.25) is 0 Å². The second-order valence-electron chi connectivity index (χ2n) is 6.69. The fourth-order valence-corrected chi connectivity index (χ4v) is 4.05. The van der Waals surface area contributed by atoms with Crippen molar-refractivity contribution in [2.45, 2.75) is 18.6 Å². The average Bonchev–Trinajstić information content (AvgIpc) is 3.25. The molecule has 0 amide bonds. The monoisotopic (exact) mass is 387 g/mol. The van der Waals surface area contributed by atoms with Gasteiger partial charge in [0.05, 0.1) is 12.4 Å². The Morgan fingerprint density at radius 1 is 1.15 bits per heavy atom. The smallest absolute Gasteiger partial charge is 0.140 e. The minimum atomic E-state index is -0.115. The maximum atomic E-state index is 6.42. The molecule has 26 heavy (non-hydrogen) atoms. The van der Waals surface area contributed by atoms with Gasteiger partial charge in [0, 0.05) is 33.7 Å². The molecule has 0 aliphatic heterocycles. The molecule has 1 heterocycles. The predicted molar refractivity (Wildman–Crippen MR) is 105 cm³/mol. The van der Waals surface area contributed by atoms with Crippen LogP contribution in [-0.4, -0.2) is 34.6 Å². The lowest BCUT2D eigenvalue weighted by molar-refractivity contribution is 0.111. The second-order valence-corrected chi connectivity index (χ2v) is 7.54. The van der Waals surface area contributed by atoms with Gasteiger partial charge >= 0.3 is 0 Å². The number of aromatic nitrogens is 2. The Labute approximate surface area is 162 Å². The summed E-state index contributed by atoms with van der Waals surface area (Å²) < 4.78 is 8.33. The third kappa shape index (κ3) is 3.20. The van der Waals surface area contributed by atoms with E-state index in [2.05, 4.69) is 24.0 Å². The molecule has 0 fully saturated rings. The van der Waals surface area contributed by atoms with Crippen molar-refractivity contribution in [1.29, 1.82) is 0 Å². The van der Waals surface area contributed by atoms with Crippen LogP contribution < -0.4 is 4.74 Å². The van der Waals surface area contributed by atoms with E-state index >= 15 is 0 Å².